The Hall–Kier alpha value is -1.03. The molecule has 1 saturated heterocycles. The molecule has 0 bridgehead atoms. The topological polar surface area (TPSA) is 38.8 Å². The predicted molar refractivity (Wildman–Crippen MR) is 62.0 cm³/mol. The van der Waals surface area contributed by atoms with Gasteiger partial charge in [0.2, 0.25) is 0 Å². The van der Waals surface area contributed by atoms with Crippen molar-refractivity contribution in [1.82, 2.24) is 4.90 Å². The molecule has 0 unspecified atom stereocenters. The highest BCUT2D eigenvalue weighted by Gasteiger charge is 2.16. The molecule has 0 atom stereocenters. The first-order valence-electron chi connectivity index (χ1n) is 5.62. The van der Waals surface area contributed by atoms with Gasteiger partial charge in [0.1, 0.15) is 5.60 Å². The van der Waals surface area contributed by atoms with Crippen LogP contribution in [0.15, 0.2) is 11.8 Å². The summed E-state index contributed by atoms with van der Waals surface area (Å²) in [6.07, 6.45) is 1.55. The van der Waals surface area contributed by atoms with E-state index in [1.807, 2.05) is 27.7 Å². The molecule has 0 spiro atoms. The van der Waals surface area contributed by atoms with Crippen molar-refractivity contribution in [3.05, 3.63) is 11.8 Å². The van der Waals surface area contributed by atoms with Gasteiger partial charge >= 0.3 is 5.97 Å². The van der Waals surface area contributed by atoms with Crippen molar-refractivity contribution in [3.63, 3.8) is 0 Å². The predicted octanol–water partition coefficient (Wildman–Crippen LogP) is 1.56. The summed E-state index contributed by atoms with van der Waals surface area (Å²) in [5.41, 5.74) is 0.511. The van der Waals surface area contributed by atoms with Gasteiger partial charge in [-0.2, -0.15) is 0 Å². The Morgan fingerprint density at radius 1 is 1.31 bits per heavy atom. The molecule has 1 rings (SSSR count). The number of carbonyl (C=O) groups excluding carboxylic acids is 1. The minimum atomic E-state index is -0.432. The second-order valence-electron chi connectivity index (χ2n) is 4.92. The van der Waals surface area contributed by atoms with Gasteiger partial charge < -0.3 is 14.4 Å². The quantitative estimate of drug-likeness (QED) is 0.530. The van der Waals surface area contributed by atoms with Crippen LogP contribution < -0.4 is 0 Å². The normalized spacial score (nSPS) is 18.5. The molecule has 0 aromatic rings. The number of nitrogens with zero attached hydrogens (tertiary/aromatic N) is 1. The second-order valence-corrected chi connectivity index (χ2v) is 4.92. The highest BCUT2D eigenvalue weighted by atomic mass is 16.6. The van der Waals surface area contributed by atoms with Crippen molar-refractivity contribution in [1.29, 1.82) is 0 Å². The fourth-order valence-corrected chi connectivity index (χ4v) is 1.51. The summed E-state index contributed by atoms with van der Waals surface area (Å²) in [6.45, 7) is 10.6. The number of hydrogen-bond acceptors (Lipinski definition) is 4. The van der Waals surface area contributed by atoms with Crippen molar-refractivity contribution < 1.29 is 14.3 Å². The van der Waals surface area contributed by atoms with E-state index in [0.29, 0.717) is 0 Å². The summed E-state index contributed by atoms with van der Waals surface area (Å²) >= 11 is 0. The molecule has 0 saturated carbocycles. The van der Waals surface area contributed by atoms with Gasteiger partial charge in [-0.15, -0.1) is 0 Å². The summed E-state index contributed by atoms with van der Waals surface area (Å²) in [4.78, 5) is 13.7. The van der Waals surface area contributed by atoms with Crippen LogP contribution in [0, 0.1) is 0 Å². The van der Waals surface area contributed by atoms with E-state index in [4.69, 9.17) is 9.47 Å². The lowest BCUT2D eigenvalue weighted by Gasteiger charge is -2.29. The Balaban J connectivity index is 2.51. The molecule has 0 aliphatic carbocycles. The van der Waals surface area contributed by atoms with Crippen LogP contribution in [0.1, 0.15) is 27.7 Å². The lowest BCUT2D eigenvalue weighted by molar-refractivity contribution is -0.148. The van der Waals surface area contributed by atoms with Crippen LogP contribution >= 0.6 is 0 Å². The van der Waals surface area contributed by atoms with Crippen LogP contribution in [-0.4, -0.2) is 42.8 Å². The Morgan fingerprint density at radius 2 is 1.88 bits per heavy atom. The van der Waals surface area contributed by atoms with E-state index in [0.717, 1.165) is 32.0 Å². The molecule has 0 N–H and O–H groups in total. The summed E-state index contributed by atoms with van der Waals surface area (Å²) in [5, 5.41) is 0. The molecule has 4 heteroatoms. The van der Waals surface area contributed by atoms with Gasteiger partial charge in [-0.05, 0) is 27.7 Å². The van der Waals surface area contributed by atoms with Crippen molar-refractivity contribution in [2.45, 2.75) is 33.3 Å². The van der Waals surface area contributed by atoms with Gasteiger partial charge in [-0.25, -0.2) is 4.79 Å². The minimum absolute atomic E-state index is 0.281. The highest BCUT2D eigenvalue weighted by Crippen LogP contribution is 2.11. The van der Waals surface area contributed by atoms with Crippen LogP contribution in [0.4, 0.5) is 0 Å². The third kappa shape index (κ3) is 4.66. The van der Waals surface area contributed by atoms with Crippen molar-refractivity contribution in [2.75, 3.05) is 26.3 Å². The zero-order chi connectivity index (χ0) is 12.2. The molecule has 0 aromatic carbocycles. The molecule has 1 aliphatic rings. The third-order valence-corrected chi connectivity index (χ3v) is 2.24. The zero-order valence-corrected chi connectivity index (χ0v) is 10.6. The number of carbonyl (C=O) groups is 1. The molecule has 4 nitrogen and oxygen atoms in total. The number of allylic oxidation sites excluding steroid dienone is 1. The van der Waals surface area contributed by atoms with E-state index in [1.54, 1.807) is 6.08 Å². The van der Waals surface area contributed by atoms with E-state index in [1.165, 1.54) is 0 Å². The van der Waals surface area contributed by atoms with Gasteiger partial charge in [0.05, 0.1) is 13.2 Å². The van der Waals surface area contributed by atoms with E-state index in [9.17, 15) is 4.79 Å². The number of hydrogen-bond donors (Lipinski definition) is 0. The first kappa shape index (κ1) is 13.0. The summed E-state index contributed by atoms with van der Waals surface area (Å²) in [6, 6.07) is 0. The van der Waals surface area contributed by atoms with Crippen LogP contribution in [-0.2, 0) is 14.3 Å². The molecule has 1 heterocycles. The fourth-order valence-electron chi connectivity index (χ4n) is 1.51. The van der Waals surface area contributed by atoms with Crippen molar-refractivity contribution >= 4 is 5.97 Å². The molecule has 0 radical (unpaired) electrons. The lowest BCUT2D eigenvalue weighted by atomic mass is 10.2. The van der Waals surface area contributed by atoms with Gasteiger partial charge in [0, 0.05) is 24.9 Å². The maximum absolute atomic E-state index is 11.6. The van der Waals surface area contributed by atoms with Gasteiger partial charge in [-0.1, -0.05) is 0 Å². The monoisotopic (exact) mass is 227 g/mol. The number of rotatable bonds is 2. The molecule has 1 fully saturated rings. The maximum Gasteiger partial charge on any atom is 0.333 e. The molecule has 1 aliphatic heterocycles. The second kappa shape index (κ2) is 5.34. The fraction of sp³-hybridized carbons (Fsp3) is 0.750. The maximum atomic E-state index is 11.6. The number of esters is 1. The van der Waals surface area contributed by atoms with Crippen molar-refractivity contribution in [2.24, 2.45) is 0 Å². The molecule has 16 heavy (non-hydrogen) atoms. The Morgan fingerprint density at radius 3 is 2.38 bits per heavy atom. The Kier molecular flexibility index (Phi) is 4.35. The Labute approximate surface area is 97.2 Å². The average molecular weight is 227 g/mol. The van der Waals surface area contributed by atoms with E-state index < -0.39 is 5.60 Å². The van der Waals surface area contributed by atoms with Crippen LogP contribution in [0.5, 0.6) is 0 Å². The smallest absolute Gasteiger partial charge is 0.333 e. The largest absolute Gasteiger partial charge is 0.457 e. The van der Waals surface area contributed by atoms with Crippen LogP contribution in [0.3, 0.4) is 0 Å². The highest BCUT2D eigenvalue weighted by molar-refractivity contribution is 5.82. The molecule has 0 aromatic heterocycles. The van der Waals surface area contributed by atoms with E-state index in [-0.39, 0.29) is 5.97 Å². The van der Waals surface area contributed by atoms with E-state index in [2.05, 4.69) is 4.90 Å². The molecule has 0 amide bonds. The number of ether oxygens (including phenoxy) is 2. The first-order valence-corrected chi connectivity index (χ1v) is 5.62. The third-order valence-electron chi connectivity index (χ3n) is 2.24. The molecule has 92 valence electrons. The Bertz CT molecular complexity index is 272. The summed E-state index contributed by atoms with van der Waals surface area (Å²) in [7, 11) is 0. The molecular formula is C12H21NO3. The summed E-state index contributed by atoms with van der Waals surface area (Å²) < 4.78 is 10.5. The first-order chi connectivity index (χ1) is 7.38. The van der Waals surface area contributed by atoms with Crippen LogP contribution in [0.2, 0.25) is 0 Å². The van der Waals surface area contributed by atoms with Crippen LogP contribution in [0.25, 0.3) is 0 Å². The summed E-state index contributed by atoms with van der Waals surface area (Å²) in [5.74, 6) is -0.281. The molecular weight excluding hydrogens is 206 g/mol. The average Bonchev–Trinajstić information content (AvgIpc) is 2.16. The lowest BCUT2D eigenvalue weighted by Crippen LogP contribution is -2.35. The van der Waals surface area contributed by atoms with Gasteiger partial charge in [0.25, 0.3) is 0 Å². The van der Waals surface area contributed by atoms with Crippen molar-refractivity contribution in [3.8, 4) is 0 Å². The van der Waals surface area contributed by atoms with Gasteiger partial charge in [0.15, 0.2) is 0 Å². The number of morpholine rings is 1. The minimum Gasteiger partial charge on any atom is -0.457 e. The van der Waals surface area contributed by atoms with E-state index >= 15 is 0 Å². The standard InChI is InChI=1S/C12H21NO3/c1-10(13-5-7-15-8-6-13)9-11(14)16-12(2,3)4/h9H,5-8H2,1-4H3. The SMILES string of the molecule is CC(=CC(=O)OC(C)(C)C)N1CCOCC1. The van der Waals surface area contributed by atoms with Gasteiger partial charge in [-0.3, -0.25) is 0 Å². The zero-order valence-electron chi connectivity index (χ0n) is 10.6.